The zero-order valence-corrected chi connectivity index (χ0v) is 16.7. The molecule has 1 aromatic carbocycles. The van der Waals surface area contributed by atoms with Crippen molar-refractivity contribution in [3.8, 4) is 0 Å². The summed E-state index contributed by atoms with van der Waals surface area (Å²) in [5.74, 6) is 0.472. The molecule has 2 atom stereocenters. The molecule has 1 aliphatic rings. The molecular weight excluding hydrogens is 362 g/mol. The van der Waals surface area contributed by atoms with Gasteiger partial charge in [-0.3, -0.25) is 9.69 Å². The minimum atomic E-state index is -3.67. The molecule has 6 nitrogen and oxygen atoms in total. The first-order valence-electron chi connectivity index (χ1n) is 8.42. The van der Waals surface area contributed by atoms with Crippen molar-refractivity contribution in [1.82, 2.24) is 9.21 Å². The molecule has 2 rings (SSSR count). The Morgan fingerprint density at radius 3 is 2.64 bits per heavy atom. The van der Waals surface area contributed by atoms with Crippen molar-refractivity contribution < 1.29 is 13.2 Å². The Labute approximate surface area is 155 Å². The van der Waals surface area contributed by atoms with Gasteiger partial charge in [0.25, 0.3) is 0 Å². The number of rotatable bonds is 6. The van der Waals surface area contributed by atoms with Crippen LogP contribution in [0.3, 0.4) is 0 Å². The molecule has 0 saturated carbocycles. The first-order valence-corrected chi connectivity index (χ1v) is 10.2. The maximum Gasteiger partial charge on any atom is 0.244 e. The van der Waals surface area contributed by atoms with Gasteiger partial charge in [0.15, 0.2) is 0 Å². The maximum atomic E-state index is 12.3. The number of nitrogens with zero attached hydrogens (tertiary/aromatic N) is 2. The van der Waals surface area contributed by atoms with E-state index in [4.69, 9.17) is 11.6 Å². The van der Waals surface area contributed by atoms with Crippen LogP contribution in [-0.2, 0) is 14.8 Å². The van der Waals surface area contributed by atoms with Gasteiger partial charge in [-0.05, 0) is 44.0 Å². The second-order valence-electron chi connectivity index (χ2n) is 6.65. The van der Waals surface area contributed by atoms with Crippen molar-refractivity contribution in [2.24, 2.45) is 5.92 Å². The van der Waals surface area contributed by atoms with E-state index in [1.807, 2.05) is 0 Å². The van der Waals surface area contributed by atoms with Crippen LogP contribution < -0.4 is 5.32 Å². The van der Waals surface area contributed by atoms with Crippen molar-refractivity contribution >= 4 is 33.2 Å². The van der Waals surface area contributed by atoms with Gasteiger partial charge in [-0.1, -0.05) is 24.9 Å². The van der Waals surface area contributed by atoms with Crippen molar-refractivity contribution in [2.45, 2.75) is 37.6 Å². The summed E-state index contributed by atoms with van der Waals surface area (Å²) in [6.45, 7) is 5.54. The molecule has 1 heterocycles. The molecule has 140 valence electrons. The molecule has 0 bridgehead atoms. The normalized spacial score (nSPS) is 21.7. The van der Waals surface area contributed by atoms with Crippen LogP contribution in [0.15, 0.2) is 23.1 Å². The second kappa shape index (κ2) is 8.03. The van der Waals surface area contributed by atoms with Crippen molar-refractivity contribution in [1.29, 1.82) is 0 Å². The Balaban J connectivity index is 2.09. The maximum absolute atomic E-state index is 12.3. The van der Waals surface area contributed by atoms with E-state index in [1.54, 1.807) is 6.07 Å². The van der Waals surface area contributed by atoms with Gasteiger partial charge in [0.05, 0.1) is 11.6 Å². The van der Waals surface area contributed by atoms with Gasteiger partial charge in [0.2, 0.25) is 15.9 Å². The van der Waals surface area contributed by atoms with Crippen LogP contribution in [0.25, 0.3) is 0 Å². The molecule has 8 heteroatoms. The molecular formula is C17H26ClN3O3S. The predicted octanol–water partition coefficient (Wildman–Crippen LogP) is 2.65. The summed E-state index contributed by atoms with van der Waals surface area (Å²) in [4.78, 5) is 14.5. The second-order valence-corrected chi connectivity index (χ2v) is 9.18. The summed E-state index contributed by atoms with van der Waals surface area (Å²) >= 11 is 6.02. The third-order valence-electron chi connectivity index (χ3n) is 4.89. The number of halogens is 1. The van der Waals surface area contributed by atoms with E-state index in [0.29, 0.717) is 24.2 Å². The van der Waals surface area contributed by atoms with Gasteiger partial charge in [0.1, 0.15) is 4.90 Å². The SMILES string of the molecule is CCC1CCN(CC(=O)Nc2ccc(Cl)c(S(=O)(=O)N(C)C)c2)C1C. The minimum Gasteiger partial charge on any atom is -0.325 e. The van der Waals surface area contributed by atoms with E-state index >= 15 is 0 Å². The van der Waals surface area contributed by atoms with Crippen molar-refractivity contribution in [2.75, 3.05) is 32.5 Å². The standard InChI is InChI=1S/C17H26ClN3O3S/c1-5-13-8-9-21(12(13)2)11-17(22)19-14-6-7-15(18)16(10-14)25(23,24)20(3)4/h6-7,10,12-13H,5,8-9,11H2,1-4H3,(H,19,22). The molecule has 1 amide bonds. The highest BCUT2D eigenvalue weighted by Crippen LogP contribution is 2.28. The van der Waals surface area contributed by atoms with Gasteiger partial charge in [-0.25, -0.2) is 12.7 Å². The summed E-state index contributed by atoms with van der Waals surface area (Å²) in [5, 5.41) is 2.91. The molecule has 0 aromatic heterocycles. The quantitative estimate of drug-likeness (QED) is 0.814. The van der Waals surface area contributed by atoms with Crippen LogP contribution in [0.5, 0.6) is 0 Å². The van der Waals surface area contributed by atoms with Crippen LogP contribution in [0.4, 0.5) is 5.69 Å². The lowest BCUT2D eigenvalue weighted by Gasteiger charge is -2.23. The summed E-state index contributed by atoms with van der Waals surface area (Å²) in [7, 11) is -0.787. The van der Waals surface area contributed by atoms with Gasteiger partial charge >= 0.3 is 0 Å². The lowest BCUT2D eigenvalue weighted by Crippen LogP contribution is -2.37. The Morgan fingerprint density at radius 2 is 2.08 bits per heavy atom. The lowest BCUT2D eigenvalue weighted by molar-refractivity contribution is -0.117. The first kappa shape index (κ1) is 20.2. The first-order chi connectivity index (χ1) is 11.7. The molecule has 0 spiro atoms. The zero-order chi connectivity index (χ0) is 18.8. The Hall–Kier alpha value is -1.15. The smallest absolute Gasteiger partial charge is 0.244 e. The highest BCUT2D eigenvalue weighted by Gasteiger charge is 2.30. The fourth-order valence-electron chi connectivity index (χ4n) is 3.20. The summed E-state index contributed by atoms with van der Waals surface area (Å²) in [6, 6.07) is 4.87. The van der Waals surface area contributed by atoms with Gasteiger partial charge in [0, 0.05) is 25.8 Å². The van der Waals surface area contributed by atoms with Crippen LogP contribution in [-0.4, -0.2) is 56.8 Å². The summed E-state index contributed by atoms with van der Waals surface area (Å²) in [6.07, 6.45) is 2.22. The molecule has 25 heavy (non-hydrogen) atoms. The monoisotopic (exact) mass is 387 g/mol. The van der Waals surface area contributed by atoms with E-state index in [1.165, 1.54) is 26.2 Å². The van der Waals surface area contributed by atoms with E-state index in [2.05, 4.69) is 24.1 Å². The number of carbonyl (C=O) groups excluding carboxylic acids is 1. The van der Waals surface area contributed by atoms with Crippen LogP contribution in [0.2, 0.25) is 5.02 Å². The van der Waals surface area contributed by atoms with Crippen molar-refractivity contribution in [3.05, 3.63) is 23.2 Å². The van der Waals surface area contributed by atoms with E-state index in [0.717, 1.165) is 23.7 Å². The molecule has 0 radical (unpaired) electrons. The number of carbonyl (C=O) groups is 1. The number of amides is 1. The average molecular weight is 388 g/mol. The number of hydrogen-bond acceptors (Lipinski definition) is 4. The highest BCUT2D eigenvalue weighted by atomic mass is 35.5. The Bertz CT molecular complexity index is 737. The minimum absolute atomic E-state index is 0.0162. The third kappa shape index (κ3) is 4.53. The Kier molecular flexibility index (Phi) is 6.48. The number of nitrogens with one attached hydrogen (secondary N) is 1. The summed E-state index contributed by atoms with van der Waals surface area (Å²) in [5.41, 5.74) is 0.425. The van der Waals surface area contributed by atoms with Gasteiger partial charge < -0.3 is 5.32 Å². The van der Waals surface area contributed by atoms with E-state index < -0.39 is 10.0 Å². The van der Waals surface area contributed by atoms with Crippen LogP contribution in [0, 0.1) is 5.92 Å². The number of anilines is 1. The molecule has 1 saturated heterocycles. The lowest BCUT2D eigenvalue weighted by atomic mass is 9.99. The van der Waals surface area contributed by atoms with Gasteiger partial charge in [-0.2, -0.15) is 0 Å². The molecule has 1 aliphatic heterocycles. The number of sulfonamides is 1. The third-order valence-corrected chi connectivity index (χ3v) is 7.19. The van der Waals surface area contributed by atoms with Crippen molar-refractivity contribution in [3.63, 3.8) is 0 Å². The molecule has 1 fully saturated rings. The Morgan fingerprint density at radius 1 is 1.40 bits per heavy atom. The van der Waals surface area contributed by atoms with E-state index in [-0.39, 0.29) is 15.8 Å². The molecule has 2 unspecified atom stereocenters. The average Bonchev–Trinajstić information content (AvgIpc) is 2.89. The highest BCUT2D eigenvalue weighted by molar-refractivity contribution is 7.89. The van der Waals surface area contributed by atoms with Gasteiger partial charge in [-0.15, -0.1) is 0 Å². The molecule has 1 N–H and O–H groups in total. The number of hydrogen-bond donors (Lipinski definition) is 1. The predicted molar refractivity (Wildman–Crippen MR) is 100 cm³/mol. The summed E-state index contributed by atoms with van der Waals surface area (Å²) < 4.78 is 25.7. The van der Waals surface area contributed by atoms with E-state index in [9.17, 15) is 13.2 Å². The van der Waals surface area contributed by atoms with Crippen LogP contribution >= 0.6 is 11.6 Å². The number of benzene rings is 1. The van der Waals surface area contributed by atoms with Crippen LogP contribution in [0.1, 0.15) is 26.7 Å². The number of likely N-dealkylation sites (tertiary alicyclic amines) is 1. The fourth-order valence-corrected chi connectivity index (χ4v) is 4.60. The molecule has 0 aliphatic carbocycles. The zero-order valence-electron chi connectivity index (χ0n) is 15.1. The molecule has 1 aromatic rings. The fraction of sp³-hybridized carbons (Fsp3) is 0.588. The largest absolute Gasteiger partial charge is 0.325 e. The topological polar surface area (TPSA) is 69.7 Å².